The number of hydrogen-bond donors (Lipinski definition) is 1. The van der Waals surface area contributed by atoms with E-state index in [1.165, 1.54) is 11.1 Å². The van der Waals surface area contributed by atoms with E-state index in [2.05, 4.69) is 48.3 Å². The number of pyridine rings is 1. The van der Waals surface area contributed by atoms with Gasteiger partial charge in [0.05, 0.1) is 6.04 Å². The Bertz CT molecular complexity index is 526. The molecule has 1 heterocycles. The third kappa shape index (κ3) is 2.77. The number of nitrogens with zero attached hydrogens (tertiary/aromatic N) is 1. The van der Waals surface area contributed by atoms with Gasteiger partial charge in [-0.3, -0.25) is 4.98 Å². The molecule has 0 saturated carbocycles. The van der Waals surface area contributed by atoms with Gasteiger partial charge < -0.3 is 5.73 Å². The van der Waals surface area contributed by atoms with E-state index in [4.69, 9.17) is 5.73 Å². The molecule has 1 aromatic heterocycles. The standard InChI is InChI=1S/C16H20N2/c1-4-13-6-5-7-14(10-13)16(17)15-8-11(2)18-12(3)9-15/h5-10,16H,4,17H2,1-3H3. The molecule has 94 valence electrons. The first kappa shape index (κ1) is 12.8. The van der Waals surface area contributed by atoms with Crippen LogP contribution in [0.2, 0.25) is 0 Å². The van der Waals surface area contributed by atoms with Crippen LogP contribution in [0.25, 0.3) is 0 Å². The molecule has 2 aromatic rings. The third-order valence-electron chi connectivity index (χ3n) is 3.18. The first-order chi connectivity index (χ1) is 8.60. The molecule has 1 unspecified atom stereocenters. The summed E-state index contributed by atoms with van der Waals surface area (Å²) in [5.41, 5.74) is 12.0. The van der Waals surface area contributed by atoms with Crippen molar-refractivity contribution in [3.8, 4) is 0 Å². The molecule has 2 N–H and O–H groups in total. The molecule has 0 saturated heterocycles. The highest BCUT2D eigenvalue weighted by molar-refractivity contribution is 5.35. The number of aryl methyl sites for hydroxylation is 3. The maximum atomic E-state index is 6.35. The SMILES string of the molecule is CCc1cccc(C(N)c2cc(C)nc(C)c2)c1. The summed E-state index contributed by atoms with van der Waals surface area (Å²) in [6, 6.07) is 12.6. The quantitative estimate of drug-likeness (QED) is 0.894. The highest BCUT2D eigenvalue weighted by atomic mass is 14.7. The Hall–Kier alpha value is -1.67. The molecular formula is C16H20N2. The number of rotatable bonds is 3. The van der Waals surface area contributed by atoms with Crippen LogP contribution >= 0.6 is 0 Å². The molecule has 18 heavy (non-hydrogen) atoms. The first-order valence-corrected chi connectivity index (χ1v) is 6.39. The van der Waals surface area contributed by atoms with Crippen LogP contribution in [-0.2, 0) is 6.42 Å². The van der Waals surface area contributed by atoms with Crippen molar-refractivity contribution in [3.63, 3.8) is 0 Å². The second-order valence-corrected chi connectivity index (χ2v) is 4.76. The fourth-order valence-electron chi connectivity index (χ4n) is 2.25. The lowest BCUT2D eigenvalue weighted by atomic mass is 9.97. The normalized spacial score (nSPS) is 12.4. The lowest BCUT2D eigenvalue weighted by Crippen LogP contribution is -2.13. The van der Waals surface area contributed by atoms with E-state index in [1.807, 2.05) is 13.8 Å². The van der Waals surface area contributed by atoms with Crippen LogP contribution in [0, 0.1) is 13.8 Å². The highest BCUT2D eigenvalue weighted by Crippen LogP contribution is 2.21. The van der Waals surface area contributed by atoms with E-state index in [9.17, 15) is 0 Å². The van der Waals surface area contributed by atoms with Gasteiger partial charge in [-0.2, -0.15) is 0 Å². The van der Waals surface area contributed by atoms with E-state index in [0.29, 0.717) is 0 Å². The predicted molar refractivity (Wildman–Crippen MR) is 75.6 cm³/mol. The lowest BCUT2D eigenvalue weighted by Gasteiger charge is -2.14. The number of aromatic nitrogens is 1. The summed E-state index contributed by atoms with van der Waals surface area (Å²) >= 11 is 0. The van der Waals surface area contributed by atoms with Crippen molar-refractivity contribution in [1.29, 1.82) is 0 Å². The molecule has 0 aliphatic carbocycles. The lowest BCUT2D eigenvalue weighted by molar-refractivity contribution is 0.856. The van der Waals surface area contributed by atoms with Gasteiger partial charge in [-0.25, -0.2) is 0 Å². The van der Waals surface area contributed by atoms with Gasteiger partial charge in [-0.15, -0.1) is 0 Å². The molecule has 1 atom stereocenters. The van der Waals surface area contributed by atoms with Crippen LogP contribution in [-0.4, -0.2) is 4.98 Å². The summed E-state index contributed by atoms with van der Waals surface area (Å²) in [4.78, 5) is 4.39. The summed E-state index contributed by atoms with van der Waals surface area (Å²) in [5, 5.41) is 0. The molecule has 1 aromatic carbocycles. The zero-order valence-corrected chi connectivity index (χ0v) is 11.3. The second-order valence-electron chi connectivity index (χ2n) is 4.76. The Morgan fingerprint density at radius 3 is 2.33 bits per heavy atom. The zero-order valence-electron chi connectivity index (χ0n) is 11.3. The summed E-state index contributed by atoms with van der Waals surface area (Å²) in [6.45, 7) is 6.17. The van der Waals surface area contributed by atoms with Crippen LogP contribution in [0.1, 0.15) is 41.0 Å². The molecule has 0 bridgehead atoms. The molecule has 0 amide bonds. The molecule has 2 rings (SSSR count). The molecule has 0 radical (unpaired) electrons. The fraction of sp³-hybridized carbons (Fsp3) is 0.312. The molecule has 2 nitrogen and oxygen atoms in total. The average Bonchev–Trinajstić information content (AvgIpc) is 2.37. The van der Waals surface area contributed by atoms with Crippen LogP contribution < -0.4 is 5.73 Å². The highest BCUT2D eigenvalue weighted by Gasteiger charge is 2.10. The summed E-state index contributed by atoms with van der Waals surface area (Å²) in [5.74, 6) is 0. The number of nitrogens with two attached hydrogens (primary N) is 1. The maximum Gasteiger partial charge on any atom is 0.0553 e. The van der Waals surface area contributed by atoms with Gasteiger partial charge >= 0.3 is 0 Å². The maximum absolute atomic E-state index is 6.35. The van der Waals surface area contributed by atoms with E-state index >= 15 is 0 Å². The van der Waals surface area contributed by atoms with Crippen molar-refractivity contribution in [1.82, 2.24) is 4.98 Å². The topological polar surface area (TPSA) is 38.9 Å². The molecule has 0 fully saturated rings. The Kier molecular flexibility index (Phi) is 3.78. The van der Waals surface area contributed by atoms with Gasteiger partial charge in [-0.05, 0) is 49.1 Å². The van der Waals surface area contributed by atoms with Crippen molar-refractivity contribution < 1.29 is 0 Å². The van der Waals surface area contributed by atoms with E-state index in [-0.39, 0.29) is 6.04 Å². The van der Waals surface area contributed by atoms with E-state index in [1.54, 1.807) is 0 Å². The minimum Gasteiger partial charge on any atom is -0.320 e. The van der Waals surface area contributed by atoms with Crippen LogP contribution in [0.15, 0.2) is 36.4 Å². The average molecular weight is 240 g/mol. The molecule has 0 aliphatic heterocycles. The fourth-order valence-corrected chi connectivity index (χ4v) is 2.25. The van der Waals surface area contributed by atoms with Crippen LogP contribution in [0.5, 0.6) is 0 Å². The van der Waals surface area contributed by atoms with Crippen molar-refractivity contribution >= 4 is 0 Å². The molecule has 0 spiro atoms. The number of hydrogen-bond acceptors (Lipinski definition) is 2. The molecule has 2 heteroatoms. The predicted octanol–water partition coefficient (Wildman–Crippen LogP) is 3.31. The van der Waals surface area contributed by atoms with Gasteiger partial charge in [0.2, 0.25) is 0 Å². The molecular weight excluding hydrogens is 220 g/mol. The van der Waals surface area contributed by atoms with Gasteiger partial charge in [0.25, 0.3) is 0 Å². The minimum atomic E-state index is -0.0723. The third-order valence-corrected chi connectivity index (χ3v) is 3.18. The monoisotopic (exact) mass is 240 g/mol. The molecule has 0 aliphatic rings. The van der Waals surface area contributed by atoms with Crippen molar-refractivity contribution in [3.05, 3.63) is 64.5 Å². The van der Waals surface area contributed by atoms with Gasteiger partial charge in [0.15, 0.2) is 0 Å². The Morgan fingerprint density at radius 1 is 1.06 bits per heavy atom. The van der Waals surface area contributed by atoms with Gasteiger partial charge in [0, 0.05) is 11.4 Å². The van der Waals surface area contributed by atoms with Crippen LogP contribution in [0.3, 0.4) is 0 Å². The zero-order chi connectivity index (χ0) is 13.1. The smallest absolute Gasteiger partial charge is 0.0553 e. The van der Waals surface area contributed by atoms with Crippen molar-refractivity contribution in [2.75, 3.05) is 0 Å². The summed E-state index contributed by atoms with van der Waals surface area (Å²) in [6.07, 6.45) is 1.04. The van der Waals surface area contributed by atoms with Crippen molar-refractivity contribution in [2.45, 2.75) is 33.2 Å². The Balaban J connectivity index is 2.37. The van der Waals surface area contributed by atoms with E-state index < -0.39 is 0 Å². The summed E-state index contributed by atoms with van der Waals surface area (Å²) in [7, 11) is 0. The van der Waals surface area contributed by atoms with E-state index in [0.717, 1.165) is 23.4 Å². The van der Waals surface area contributed by atoms with Crippen molar-refractivity contribution in [2.24, 2.45) is 5.73 Å². The number of benzene rings is 1. The second kappa shape index (κ2) is 5.32. The van der Waals surface area contributed by atoms with Crippen LogP contribution in [0.4, 0.5) is 0 Å². The first-order valence-electron chi connectivity index (χ1n) is 6.39. The summed E-state index contributed by atoms with van der Waals surface area (Å²) < 4.78 is 0. The van der Waals surface area contributed by atoms with Gasteiger partial charge in [-0.1, -0.05) is 31.2 Å². The minimum absolute atomic E-state index is 0.0723. The largest absolute Gasteiger partial charge is 0.320 e. The van der Waals surface area contributed by atoms with Gasteiger partial charge in [0.1, 0.15) is 0 Å². The Morgan fingerprint density at radius 2 is 1.72 bits per heavy atom. The Labute approximate surface area is 109 Å².